The highest BCUT2D eigenvalue weighted by molar-refractivity contribution is 5.51. The fraction of sp³-hybridized carbons (Fsp3) is 0.600. The number of rotatable bonds is 7. The van der Waals surface area contributed by atoms with E-state index in [1.54, 1.807) is 13.2 Å². The van der Waals surface area contributed by atoms with E-state index < -0.39 is 11.7 Å². The fourth-order valence-corrected chi connectivity index (χ4v) is 2.19. The number of unbranched alkanes of at least 4 members (excludes halogenated alkanes) is 1. The molecule has 5 heteroatoms. The lowest BCUT2D eigenvalue weighted by atomic mass is 10.0. The molecule has 0 saturated heterocycles. The number of methoxy groups -OCH3 is 1. The van der Waals surface area contributed by atoms with E-state index in [1.165, 1.54) is 12.1 Å². The first-order valence-corrected chi connectivity index (χ1v) is 6.96. The van der Waals surface area contributed by atoms with E-state index in [1.807, 2.05) is 0 Å². The van der Waals surface area contributed by atoms with Crippen LogP contribution in [-0.2, 0) is 17.3 Å². The second kappa shape index (κ2) is 6.48. The predicted octanol–water partition coefficient (Wildman–Crippen LogP) is 4.25. The van der Waals surface area contributed by atoms with Gasteiger partial charge in [0.1, 0.15) is 0 Å². The molecule has 1 aliphatic carbocycles. The predicted molar refractivity (Wildman–Crippen MR) is 72.9 cm³/mol. The number of aryl methyl sites for hydroxylation is 1. The van der Waals surface area contributed by atoms with Gasteiger partial charge in [-0.25, -0.2) is 0 Å². The first-order chi connectivity index (χ1) is 9.50. The molecule has 1 aliphatic rings. The van der Waals surface area contributed by atoms with Crippen molar-refractivity contribution in [3.8, 4) is 0 Å². The Balaban J connectivity index is 2.09. The Morgan fingerprint density at radius 2 is 2.00 bits per heavy atom. The molecule has 0 aliphatic heterocycles. The lowest BCUT2D eigenvalue weighted by Gasteiger charge is -2.15. The van der Waals surface area contributed by atoms with E-state index in [9.17, 15) is 13.2 Å². The second-order valence-corrected chi connectivity index (χ2v) is 5.24. The molecule has 2 rings (SSSR count). The van der Waals surface area contributed by atoms with E-state index >= 15 is 0 Å². The van der Waals surface area contributed by atoms with Crippen molar-refractivity contribution in [2.45, 2.75) is 44.3 Å². The zero-order valence-electron chi connectivity index (χ0n) is 11.6. The van der Waals surface area contributed by atoms with Crippen molar-refractivity contribution in [3.63, 3.8) is 0 Å². The SMILES string of the molecule is COCCCCc1cc(NC2CC2)ccc1C(F)(F)F. The van der Waals surface area contributed by atoms with E-state index in [0.717, 1.165) is 24.9 Å². The molecule has 0 spiro atoms. The summed E-state index contributed by atoms with van der Waals surface area (Å²) in [6, 6.07) is 4.80. The highest BCUT2D eigenvalue weighted by atomic mass is 19.4. The van der Waals surface area contributed by atoms with Crippen LogP contribution in [0.25, 0.3) is 0 Å². The van der Waals surface area contributed by atoms with Crippen molar-refractivity contribution in [1.29, 1.82) is 0 Å². The minimum absolute atomic E-state index is 0.374. The summed E-state index contributed by atoms with van der Waals surface area (Å²) in [6.45, 7) is 0.585. The Hall–Kier alpha value is -1.23. The molecule has 1 aromatic rings. The third kappa shape index (κ3) is 4.40. The van der Waals surface area contributed by atoms with Crippen LogP contribution in [-0.4, -0.2) is 19.8 Å². The zero-order chi connectivity index (χ0) is 14.6. The van der Waals surface area contributed by atoms with Crippen molar-refractivity contribution in [2.24, 2.45) is 0 Å². The van der Waals surface area contributed by atoms with Gasteiger partial charge in [-0.1, -0.05) is 0 Å². The number of anilines is 1. The zero-order valence-corrected chi connectivity index (χ0v) is 11.6. The summed E-state index contributed by atoms with van der Waals surface area (Å²) in [7, 11) is 1.60. The highest BCUT2D eigenvalue weighted by Crippen LogP contribution is 2.35. The molecule has 0 radical (unpaired) electrons. The Labute approximate surface area is 117 Å². The van der Waals surface area contributed by atoms with Crippen molar-refractivity contribution >= 4 is 5.69 Å². The minimum atomic E-state index is -4.28. The normalized spacial score (nSPS) is 15.4. The molecule has 1 fully saturated rings. The van der Waals surface area contributed by atoms with Crippen LogP contribution < -0.4 is 5.32 Å². The van der Waals surface area contributed by atoms with Crippen molar-refractivity contribution in [1.82, 2.24) is 0 Å². The smallest absolute Gasteiger partial charge is 0.385 e. The second-order valence-electron chi connectivity index (χ2n) is 5.24. The van der Waals surface area contributed by atoms with Crippen LogP contribution in [0.1, 0.15) is 36.8 Å². The average Bonchev–Trinajstić information content (AvgIpc) is 3.17. The van der Waals surface area contributed by atoms with Gasteiger partial charge >= 0.3 is 6.18 Å². The van der Waals surface area contributed by atoms with E-state index in [4.69, 9.17) is 4.74 Å². The summed E-state index contributed by atoms with van der Waals surface area (Å²) in [4.78, 5) is 0. The number of ether oxygens (including phenoxy) is 1. The van der Waals surface area contributed by atoms with Crippen LogP contribution >= 0.6 is 0 Å². The van der Waals surface area contributed by atoms with Crippen LogP contribution in [0.15, 0.2) is 18.2 Å². The maximum atomic E-state index is 13.0. The largest absolute Gasteiger partial charge is 0.416 e. The Morgan fingerprint density at radius 1 is 1.25 bits per heavy atom. The minimum Gasteiger partial charge on any atom is -0.385 e. The maximum absolute atomic E-state index is 13.0. The van der Waals surface area contributed by atoms with Gasteiger partial charge in [0.2, 0.25) is 0 Å². The quantitative estimate of drug-likeness (QED) is 0.757. The average molecular weight is 287 g/mol. The fourth-order valence-electron chi connectivity index (χ4n) is 2.19. The third-order valence-corrected chi connectivity index (χ3v) is 3.40. The third-order valence-electron chi connectivity index (χ3n) is 3.40. The summed E-state index contributed by atoms with van der Waals surface area (Å²) in [5, 5.41) is 3.24. The molecule has 112 valence electrons. The lowest BCUT2D eigenvalue weighted by Crippen LogP contribution is -2.11. The van der Waals surface area contributed by atoms with Crippen molar-refractivity contribution in [3.05, 3.63) is 29.3 Å². The summed E-state index contributed by atoms with van der Waals surface area (Å²) in [5.41, 5.74) is 0.651. The number of benzene rings is 1. The molecule has 2 nitrogen and oxygen atoms in total. The summed E-state index contributed by atoms with van der Waals surface area (Å²) in [5.74, 6) is 0. The van der Waals surface area contributed by atoms with Crippen molar-refractivity contribution < 1.29 is 17.9 Å². The van der Waals surface area contributed by atoms with Crippen molar-refractivity contribution in [2.75, 3.05) is 19.0 Å². The van der Waals surface area contributed by atoms with Crippen LogP contribution in [0.5, 0.6) is 0 Å². The van der Waals surface area contributed by atoms with Crippen LogP contribution in [0, 0.1) is 0 Å². The van der Waals surface area contributed by atoms with Gasteiger partial charge < -0.3 is 10.1 Å². The molecule has 1 N–H and O–H groups in total. The van der Waals surface area contributed by atoms with Crippen LogP contribution in [0.4, 0.5) is 18.9 Å². The molecule has 0 unspecified atom stereocenters. The molecular formula is C15H20F3NO. The van der Waals surface area contributed by atoms with Crippen LogP contribution in [0.3, 0.4) is 0 Å². The summed E-state index contributed by atoms with van der Waals surface area (Å²) < 4.78 is 43.9. The number of alkyl halides is 3. The van der Waals surface area contributed by atoms with E-state index in [-0.39, 0.29) is 0 Å². The Bertz CT molecular complexity index is 441. The Morgan fingerprint density at radius 3 is 2.60 bits per heavy atom. The molecule has 1 saturated carbocycles. The first-order valence-electron chi connectivity index (χ1n) is 6.96. The molecular weight excluding hydrogens is 267 g/mol. The van der Waals surface area contributed by atoms with Crippen LogP contribution in [0.2, 0.25) is 0 Å². The van der Waals surface area contributed by atoms with Gasteiger partial charge in [0.15, 0.2) is 0 Å². The molecule has 0 atom stereocenters. The topological polar surface area (TPSA) is 21.3 Å². The van der Waals surface area contributed by atoms with Gasteiger partial charge in [-0.05, 0) is 55.9 Å². The van der Waals surface area contributed by atoms with Gasteiger partial charge in [0.05, 0.1) is 5.56 Å². The monoisotopic (exact) mass is 287 g/mol. The maximum Gasteiger partial charge on any atom is 0.416 e. The van der Waals surface area contributed by atoms with Gasteiger partial charge in [-0.15, -0.1) is 0 Å². The number of halogens is 3. The van der Waals surface area contributed by atoms with Gasteiger partial charge in [0.25, 0.3) is 0 Å². The summed E-state index contributed by atoms with van der Waals surface area (Å²) in [6.07, 6.45) is -0.181. The van der Waals surface area contributed by atoms with Gasteiger partial charge in [-0.2, -0.15) is 13.2 Å². The van der Waals surface area contributed by atoms with Gasteiger partial charge in [-0.3, -0.25) is 0 Å². The molecule has 0 amide bonds. The molecule has 0 heterocycles. The molecule has 0 aromatic heterocycles. The Kier molecular flexibility index (Phi) is 4.91. The number of nitrogens with one attached hydrogen (secondary N) is 1. The molecule has 20 heavy (non-hydrogen) atoms. The summed E-state index contributed by atoms with van der Waals surface area (Å²) >= 11 is 0. The number of hydrogen-bond donors (Lipinski definition) is 1. The first kappa shape index (κ1) is 15.2. The van der Waals surface area contributed by atoms with Gasteiger partial charge in [0, 0.05) is 25.4 Å². The molecule has 0 bridgehead atoms. The van der Waals surface area contributed by atoms with E-state index in [2.05, 4.69) is 5.32 Å². The number of hydrogen-bond acceptors (Lipinski definition) is 2. The highest BCUT2D eigenvalue weighted by Gasteiger charge is 2.33. The standard InChI is InChI=1S/C15H20F3NO/c1-20-9-3-2-4-11-10-13(19-12-5-6-12)7-8-14(11)15(16,17)18/h7-8,10,12,19H,2-6,9H2,1H3. The lowest BCUT2D eigenvalue weighted by molar-refractivity contribution is -0.138. The molecule has 1 aromatic carbocycles. The van der Waals surface area contributed by atoms with E-state index in [0.29, 0.717) is 31.1 Å².